The van der Waals surface area contributed by atoms with Gasteiger partial charge >= 0.3 is 0 Å². The zero-order valence-electron chi connectivity index (χ0n) is 15.9. The second-order valence-corrected chi connectivity index (χ2v) is 10.2. The molecule has 2 rings (SSSR count). The van der Waals surface area contributed by atoms with Gasteiger partial charge in [0.05, 0.1) is 11.6 Å². The van der Waals surface area contributed by atoms with Gasteiger partial charge in [-0.05, 0) is 25.2 Å². The number of hydrogen-bond acceptors (Lipinski definition) is 4. The lowest BCUT2D eigenvalue weighted by Gasteiger charge is -2.30. The highest BCUT2D eigenvalue weighted by Crippen LogP contribution is 2.23. The molecule has 0 aromatic carbocycles. The first-order valence-electron chi connectivity index (χ1n) is 9.29. The van der Waals surface area contributed by atoms with Gasteiger partial charge in [0.2, 0.25) is 0 Å². The van der Waals surface area contributed by atoms with Crippen molar-refractivity contribution in [3.63, 3.8) is 0 Å². The van der Waals surface area contributed by atoms with Gasteiger partial charge < -0.3 is 10.6 Å². The second kappa shape index (κ2) is 10.3. The number of guanidine groups is 1. The molecule has 5 nitrogen and oxygen atoms in total. The zero-order chi connectivity index (χ0) is 18.2. The maximum absolute atomic E-state index is 12.1. The van der Waals surface area contributed by atoms with E-state index in [4.69, 9.17) is 0 Å². The molecule has 0 spiro atoms. The Bertz CT molecular complexity index is 585. The fraction of sp³-hybridized carbons (Fsp3) is 0.778. The standard InChI is InChI=1S/C18H32N4OS2/c1-5-25(23)16-8-6-7-14(10-16)22-18(19-4)21-12-15-11-20-17(24-15)9-13(2)3/h11,13-14,16H,5-10,12H2,1-4H3,(H2,19,21,22). The predicted molar refractivity (Wildman–Crippen MR) is 109 cm³/mol. The summed E-state index contributed by atoms with van der Waals surface area (Å²) in [4.78, 5) is 10.1. The third kappa shape index (κ3) is 6.70. The summed E-state index contributed by atoms with van der Waals surface area (Å²) in [5, 5.41) is 8.43. The van der Waals surface area contributed by atoms with E-state index in [1.807, 2.05) is 13.1 Å². The summed E-state index contributed by atoms with van der Waals surface area (Å²) in [6, 6.07) is 0.360. The van der Waals surface area contributed by atoms with Gasteiger partial charge in [0.15, 0.2) is 5.96 Å². The van der Waals surface area contributed by atoms with Crippen molar-refractivity contribution in [3.8, 4) is 0 Å². The van der Waals surface area contributed by atoms with Gasteiger partial charge in [0, 0.05) is 52.4 Å². The van der Waals surface area contributed by atoms with Crippen LogP contribution in [0.3, 0.4) is 0 Å². The highest BCUT2D eigenvalue weighted by molar-refractivity contribution is 7.85. The lowest BCUT2D eigenvalue weighted by Crippen LogP contribution is -2.46. The molecule has 1 saturated carbocycles. The molecule has 142 valence electrons. The summed E-state index contributed by atoms with van der Waals surface area (Å²) in [5.41, 5.74) is 0. The van der Waals surface area contributed by atoms with Gasteiger partial charge in [0.25, 0.3) is 0 Å². The van der Waals surface area contributed by atoms with Crippen molar-refractivity contribution in [1.82, 2.24) is 15.6 Å². The second-order valence-electron chi connectivity index (χ2n) is 7.04. The molecule has 0 saturated heterocycles. The lowest BCUT2D eigenvalue weighted by atomic mass is 9.95. The maximum Gasteiger partial charge on any atom is 0.191 e. The van der Waals surface area contributed by atoms with Crippen LogP contribution in [-0.4, -0.2) is 39.2 Å². The minimum atomic E-state index is -0.694. The van der Waals surface area contributed by atoms with Crippen molar-refractivity contribution in [2.75, 3.05) is 12.8 Å². The van der Waals surface area contributed by atoms with Crippen molar-refractivity contribution in [1.29, 1.82) is 0 Å². The van der Waals surface area contributed by atoms with Crippen molar-refractivity contribution in [3.05, 3.63) is 16.1 Å². The molecule has 1 fully saturated rings. The van der Waals surface area contributed by atoms with Gasteiger partial charge in [-0.15, -0.1) is 11.3 Å². The van der Waals surface area contributed by atoms with Crippen LogP contribution in [0.15, 0.2) is 11.2 Å². The number of hydrogen-bond donors (Lipinski definition) is 2. The highest BCUT2D eigenvalue weighted by atomic mass is 32.2. The molecule has 1 aromatic rings. The number of aromatic nitrogens is 1. The number of rotatable bonds is 7. The fourth-order valence-electron chi connectivity index (χ4n) is 3.18. The van der Waals surface area contributed by atoms with Crippen molar-refractivity contribution in [2.45, 2.75) is 70.7 Å². The smallest absolute Gasteiger partial charge is 0.191 e. The number of nitrogens with zero attached hydrogens (tertiary/aromatic N) is 2. The molecule has 1 aromatic heterocycles. The summed E-state index contributed by atoms with van der Waals surface area (Å²) >= 11 is 1.77. The predicted octanol–water partition coefficient (Wildman–Crippen LogP) is 3.09. The largest absolute Gasteiger partial charge is 0.354 e. The van der Waals surface area contributed by atoms with Crippen LogP contribution < -0.4 is 10.6 Å². The van der Waals surface area contributed by atoms with Crippen LogP contribution in [0, 0.1) is 5.92 Å². The quantitative estimate of drug-likeness (QED) is 0.560. The Morgan fingerprint density at radius 1 is 1.48 bits per heavy atom. The Hall–Kier alpha value is -0.950. The Morgan fingerprint density at radius 3 is 2.96 bits per heavy atom. The Labute approximate surface area is 158 Å². The van der Waals surface area contributed by atoms with Crippen molar-refractivity contribution >= 4 is 28.1 Å². The molecule has 1 heterocycles. The van der Waals surface area contributed by atoms with Crippen LogP contribution in [0.4, 0.5) is 0 Å². The summed E-state index contributed by atoms with van der Waals surface area (Å²) in [6.45, 7) is 7.19. The van der Waals surface area contributed by atoms with E-state index in [0.29, 0.717) is 17.2 Å². The van der Waals surface area contributed by atoms with E-state index >= 15 is 0 Å². The van der Waals surface area contributed by atoms with Gasteiger partial charge in [-0.1, -0.05) is 27.2 Å². The van der Waals surface area contributed by atoms with Crippen molar-refractivity contribution < 1.29 is 4.21 Å². The number of thiazole rings is 1. The third-order valence-electron chi connectivity index (χ3n) is 4.46. The Kier molecular flexibility index (Phi) is 8.36. The molecular formula is C18H32N4OS2. The first-order valence-corrected chi connectivity index (χ1v) is 11.5. The monoisotopic (exact) mass is 384 g/mol. The Morgan fingerprint density at radius 2 is 2.28 bits per heavy atom. The van der Waals surface area contributed by atoms with Crippen LogP contribution in [0.5, 0.6) is 0 Å². The average molecular weight is 385 g/mol. The van der Waals surface area contributed by atoms with Gasteiger partial charge in [0.1, 0.15) is 0 Å². The molecule has 1 aliphatic carbocycles. The van der Waals surface area contributed by atoms with Crippen LogP contribution >= 0.6 is 11.3 Å². The SMILES string of the molecule is CCS(=O)C1CCCC(NC(=NC)NCc2cnc(CC(C)C)s2)C1. The minimum Gasteiger partial charge on any atom is -0.354 e. The third-order valence-corrected chi connectivity index (χ3v) is 7.22. The number of nitrogens with one attached hydrogen (secondary N) is 2. The molecule has 7 heteroatoms. The molecule has 1 aliphatic rings. The normalized spacial score (nSPS) is 22.8. The first kappa shape index (κ1) is 20.4. The molecular weight excluding hydrogens is 352 g/mol. The average Bonchev–Trinajstić information content (AvgIpc) is 3.04. The molecule has 3 unspecified atom stereocenters. The van der Waals surface area contributed by atoms with E-state index in [9.17, 15) is 4.21 Å². The van der Waals surface area contributed by atoms with Crippen LogP contribution in [0.25, 0.3) is 0 Å². The Balaban J connectivity index is 1.82. The van der Waals surface area contributed by atoms with Gasteiger partial charge in [-0.25, -0.2) is 4.98 Å². The summed E-state index contributed by atoms with van der Waals surface area (Å²) in [5.74, 6) is 2.22. The highest BCUT2D eigenvalue weighted by Gasteiger charge is 2.26. The van der Waals surface area contributed by atoms with Gasteiger partial charge in [-0.2, -0.15) is 0 Å². The molecule has 0 bridgehead atoms. The first-order chi connectivity index (χ1) is 12.0. The van der Waals surface area contributed by atoms with Crippen molar-refractivity contribution in [2.24, 2.45) is 10.9 Å². The fourth-order valence-corrected chi connectivity index (χ4v) is 5.61. The molecule has 0 radical (unpaired) electrons. The molecule has 0 amide bonds. The van der Waals surface area contributed by atoms with E-state index in [2.05, 4.69) is 34.5 Å². The molecule has 3 atom stereocenters. The minimum absolute atomic E-state index is 0.328. The van der Waals surface area contributed by atoms with Crippen LogP contribution in [0.1, 0.15) is 56.3 Å². The molecule has 2 N–H and O–H groups in total. The maximum atomic E-state index is 12.1. The van der Waals surface area contributed by atoms with E-state index in [0.717, 1.165) is 50.4 Å². The lowest BCUT2D eigenvalue weighted by molar-refractivity contribution is 0.413. The van der Waals surface area contributed by atoms with Crippen LogP contribution in [0.2, 0.25) is 0 Å². The van der Waals surface area contributed by atoms with Gasteiger partial charge in [-0.3, -0.25) is 9.20 Å². The summed E-state index contributed by atoms with van der Waals surface area (Å²) in [7, 11) is 1.11. The molecule has 0 aliphatic heterocycles. The zero-order valence-corrected chi connectivity index (χ0v) is 17.5. The summed E-state index contributed by atoms with van der Waals surface area (Å²) < 4.78 is 12.1. The van der Waals surface area contributed by atoms with Crippen LogP contribution in [-0.2, 0) is 23.8 Å². The topological polar surface area (TPSA) is 66.4 Å². The van der Waals surface area contributed by atoms with E-state index in [1.54, 1.807) is 18.4 Å². The number of aliphatic imine (C=N–C) groups is 1. The van der Waals surface area contributed by atoms with E-state index in [1.165, 1.54) is 9.88 Å². The van der Waals surface area contributed by atoms with E-state index < -0.39 is 10.8 Å². The van der Waals surface area contributed by atoms with E-state index in [-0.39, 0.29) is 0 Å². The summed E-state index contributed by atoms with van der Waals surface area (Å²) in [6.07, 6.45) is 7.32. The molecule has 25 heavy (non-hydrogen) atoms.